The number of oxime groups is 1. The van der Waals surface area contributed by atoms with Gasteiger partial charge in [0.1, 0.15) is 0 Å². The van der Waals surface area contributed by atoms with Gasteiger partial charge < -0.3 is 4.84 Å². The molecule has 1 aliphatic rings. The standard InChI is InChI=1S/C17H22N2O2/c1-4-10-19-12-13(2)16(11-14(19)3)18-21-17(20)15-8-6-5-7-9-15/h4-9,13-14H,1,10-12H2,2-3H3/b18-16-/t13-,14+/m0/s1. The van der Waals surface area contributed by atoms with Crippen LogP contribution in [0.4, 0.5) is 0 Å². The van der Waals surface area contributed by atoms with Crippen LogP contribution in [-0.2, 0) is 4.84 Å². The lowest BCUT2D eigenvalue weighted by atomic mass is 9.93. The van der Waals surface area contributed by atoms with E-state index < -0.39 is 5.97 Å². The van der Waals surface area contributed by atoms with E-state index in [1.165, 1.54) is 0 Å². The largest absolute Gasteiger partial charge is 0.365 e. The monoisotopic (exact) mass is 286 g/mol. The summed E-state index contributed by atoms with van der Waals surface area (Å²) in [6.07, 6.45) is 2.73. The van der Waals surface area contributed by atoms with Crippen LogP contribution in [0.5, 0.6) is 0 Å². The van der Waals surface area contributed by atoms with Crippen molar-refractivity contribution >= 4 is 11.7 Å². The summed E-state index contributed by atoms with van der Waals surface area (Å²) in [6, 6.07) is 9.31. The number of piperidine rings is 1. The SMILES string of the molecule is C=CCN1C[C@H](C)/C(=N\OC(=O)c2ccccc2)C[C@H]1C. The summed E-state index contributed by atoms with van der Waals surface area (Å²) in [5.41, 5.74) is 1.47. The number of carbonyl (C=O) groups excluding carboxylic acids is 1. The Balaban J connectivity index is 1.98. The molecule has 0 unspecified atom stereocenters. The third-order valence-corrected chi connectivity index (χ3v) is 3.82. The van der Waals surface area contributed by atoms with Crippen LogP contribution < -0.4 is 0 Å². The smallest absolute Gasteiger partial charge is 0.313 e. The molecule has 0 bridgehead atoms. The molecule has 0 radical (unpaired) electrons. The molecule has 1 aliphatic heterocycles. The van der Waals surface area contributed by atoms with Crippen LogP contribution in [0.15, 0.2) is 48.1 Å². The lowest BCUT2D eigenvalue weighted by Gasteiger charge is -2.36. The molecule has 0 aliphatic carbocycles. The summed E-state index contributed by atoms with van der Waals surface area (Å²) in [6.45, 7) is 9.84. The normalized spacial score (nSPS) is 24.8. The third kappa shape index (κ3) is 4.02. The van der Waals surface area contributed by atoms with Crippen LogP contribution in [0.1, 0.15) is 30.6 Å². The van der Waals surface area contributed by atoms with Crippen molar-refractivity contribution in [3.05, 3.63) is 48.6 Å². The van der Waals surface area contributed by atoms with E-state index in [4.69, 9.17) is 4.84 Å². The molecule has 0 amide bonds. The van der Waals surface area contributed by atoms with Gasteiger partial charge in [0.15, 0.2) is 0 Å². The Morgan fingerprint density at radius 3 is 2.81 bits per heavy atom. The van der Waals surface area contributed by atoms with Gasteiger partial charge in [-0.1, -0.05) is 36.4 Å². The quantitative estimate of drug-likeness (QED) is 0.485. The van der Waals surface area contributed by atoms with E-state index in [-0.39, 0.29) is 5.92 Å². The highest BCUT2D eigenvalue weighted by Crippen LogP contribution is 2.20. The summed E-state index contributed by atoms with van der Waals surface area (Å²) in [5.74, 6) is -0.124. The van der Waals surface area contributed by atoms with Gasteiger partial charge in [0.05, 0.1) is 11.3 Å². The first-order chi connectivity index (χ1) is 10.1. The van der Waals surface area contributed by atoms with Gasteiger partial charge in [0, 0.05) is 31.5 Å². The van der Waals surface area contributed by atoms with Crippen molar-refractivity contribution in [1.29, 1.82) is 0 Å². The van der Waals surface area contributed by atoms with Crippen molar-refractivity contribution in [3.8, 4) is 0 Å². The van der Waals surface area contributed by atoms with Crippen LogP contribution >= 0.6 is 0 Å². The fourth-order valence-corrected chi connectivity index (χ4v) is 2.54. The summed E-state index contributed by atoms with van der Waals surface area (Å²) in [7, 11) is 0. The van der Waals surface area contributed by atoms with Crippen LogP contribution in [0.25, 0.3) is 0 Å². The van der Waals surface area contributed by atoms with Crippen LogP contribution in [-0.4, -0.2) is 35.7 Å². The van der Waals surface area contributed by atoms with Crippen molar-refractivity contribution in [2.45, 2.75) is 26.3 Å². The zero-order valence-electron chi connectivity index (χ0n) is 12.7. The molecular weight excluding hydrogens is 264 g/mol. The number of benzene rings is 1. The molecule has 4 nitrogen and oxygen atoms in total. The Morgan fingerprint density at radius 2 is 2.14 bits per heavy atom. The predicted molar refractivity (Wildman–Crippen MR) is 84.3 cm³/mol. The molecule has 2 rings (SSSR count). The second-order valence-electron chi connectivity index (χ2n) is 5.52. The first kappa shape index (κ1) is 15.4. The molecule has 1 heterocycles. The lowest BCUT2D eigenvalue weighted by molar-refractivity contribution is 0.0508. The highest BCUT2D eigenvalue weighted by molar-refractivity contribution is 5.91. The van der Waals surface area contributed by atoms with Crippen LogP contribution in [0.3, 0.4) is 0 Å². The van der Waals surface area contributed by atoms with E-state index in [1.54, 1.807) is 12.1 Å². The third-order valence-electron chi connectivity index (χ3n) is 3.82. The molecule has 1 aromatic carbocycles. The molecule has 0 N–H and O–H groups in total. The second kappa shape index (κ2) is 7.18. The molecule has 0 spiro atoms. The summed E-state index contributed by atoms with van der Waals surface area (Å²) < 4.78 is 0. The van der Waals surface area contributed by atoms with Crippen molar-refractivity contribution in [3.63, 3.8) is 0 Å². The van der Waals surface area contributed by atoms with Crippen LogP contribution in [0, 0.1) is 5.92 Å². The lowest BCUT2D eigenvalue weighted by Crippen LogP contribution is -2.45. The average molecular weight is 286 g/mol. The average Bonchev–Trinajstić information content (AvgIpc) is 2.50. The topological polar surface area (TPSA) is 41.9 Å². The number of nitrogens with zero attached hydrogens (tertiary/aromatic N) is 2. The van der Waals surface area contributed by atoms with Gasteiger partial charge in [0.2, 0.25) is 0 Å². The second-order valence-corrected chi connectivity index (χ2v) is 5.52. The van der Waals surface area contributed by atoms with Gasteiger partial charge in [-0.3, -0.25) is 4.90 Å². The van der Waals surface area contributed by atoms with Crippen molar-refractivity contribution in [1.82, 2.24) is 4.90 Å². The molecule has 2 atom stereocenters. The molecule has 4 heteroatoms. The van der Waals surface area contributed by atoms with Gasteiger partial charge in [-0.25, -0.2) is 4.79 Å². The molecule has 1 fully saturated rings. The van der Waals surface area contributed by atoms with Gasteiger partial charge in [-0.2, -0.15) is 0 Å². The first-order valence-corrected chi connectivity index (χ1v) is 7.30. The molecule has 0 saturated carbocycles. The zero-order valence-corrected chi connectivity index (χ0v) is 12.7. The number of hydrogen-bond donors (Lipinski definition) is 0. The molecule has 112 valence electrons. The minimum atomic E-state index is -0.406. The summed E-state index contributed by atoms with van der Waals surface area (Å²) in [4.78, 5) is 19.3. The molecule has 21 heavy (non-hydrogen) atoms. The Labute approximate surface area is 126 Å². The minimum absolute atomic E-state index is 0.282. The highest BCUT2D eigenvalue weighted by Gasteiger charge is 2.27. The summed E-state index contributed by atoms with van der Waals surface area (Å²) in [5, 5.41) is 4.10. The molecule has 1 saturated heterocycles. The van der Waals surface area contributed by atoms with Crippen LogP contribution in [0.2, 0.25) is 0 Å². The highest BCUT2D eigenvalue weighted by atomic mass is 16.7. The first-order valence-electron chi connectivity index (χ1n) is 7.30. The van der Waals surface area contributed by atoms with E-state index in [2.05, 4.69) is 30.5 Å². The van der Waals surface area contributed by atoms with Gasteiger partial charge in [-0.05, 0) is 19.1 Å². The van der Waals surface area contributed by atoms with Gasteiger partial charge in [0.25, 0.3) is 0 Å². The van der Waals surface area contributed by atoms with E-state index in [0.717, 1.165) is 25.2 Å². The Bertz CT molecular complexity index is 525. The van der Waals surface area contributed by atoms with E-state index in [9.17, 15) is 4.79 Å². The number of rotatable bonds is 4. The minimum Gasteiger partial charge on any atom is -0.313 e. The maximum atomic E-state index is 11.9. The Hall–Kier alpha value is -1.94. The predicted octanol–water partition coefficient (Wildman–Crippen LogP) is 3.12. The maximum Gasteiger partial charge on any atom is 0.365 e. The fraction of sp³-hybridized carbons (Fsp3) is 0.412. The molecular formula is C17H22N2O2. The van der Waals surface area contributed by atoms with Gasteiger partial charge >= 0.3 is 5.97 Å². The zero-order chi connectivity index (χ0) is 15.2. The van der Waals surface area contributed by atoms with Crippen molar-refractivity contribution in [2.24, 2.45) is 11.1 Å². The fourth-order valence-electron chi connectivity index (χ4n) is 2.54. The van der Waals surface area contributed by atoms with Crippen molar-refractivity contribution < 1.29 is 9.63 Å². The van der Waals surface area contributed by atoms with E-state index in [1.807, 2.05) is 24.3 Å². The Kier molecular flexibility index (Phi) is 5.28. The number of carbonyl (C=O) groups is 1. The number of likely N-dealkylation sites (tertiary alicyclic amines) is 1. The molecule has 1 aromatic rings. The number of hydrogen-bond acceptors (Lipinski definition) is 4. The van der Waals surface area contributed by atoms with Crippen molar-refractivity contribution in [2.75, 3.05) is 13.1 Å². The Morgan fingerprint density at radius 1 is 1.43 bits per heavy atom. The van der Waals surface area contributed by atoms with E-state index >= 15 is 0 Å². The van der Waals surface area contributed by atoms with E-state index in [0.29, 0.717) is 11.6 Å². The van der Waals surface area contributed by atoms with Gasteiger partial charge in [-0.15, -0.1) is 6.58 Å². The molecule has 0 aromatic heterocycles. The summed E-state index contributed by atoms with van der Waals surface area (Å²) >= 11 is 0. The maximum absolute atomic E-state index is 11.9.